The second-order valence-electron chi connectivity index (χ2n) is 8.62. The minimum absolute atomic E-state index is 0.538. The second kappa shape index (κ2) is 8.64. The lowest BCUT2D eigenvalue weighted by atomic mass is 10.0. The van der Waals surface area contributed by atoms with E-state index in [1.165, 1.54) is 0 Å². The summed E-state index contributed by atoms with van der Waals surface area (Å²) < 4.78 is 2.13. The number of nitrogens with zero attached hydrogens (tertiary/aromatic N) is 6. The summed E-state index contributed by atoms with van der Waals surface area (Å²) in [5.41, 5.74) is 7.40. The van der Waals surface area contributed by atoms with Crippen molar-refractivity contribution in [3.63, 3.8) is 0 Å². The number of anilines is 1. The summed E-state index contributed by atoms with van der Waals surface area (Å²) in [5.74, 6) is 0.898. The van der Waals surface area contributed by atoms with Crippen LogP contribution < -0.4 is 10.2 Å². The number of fused-ring (bicyclic) bond motifs is 1. The van der Waals surface area contributed by atoms with Crippen LogP contribution in [0.3, 0.4) is 0 Å². The summed E-state index contributed by atoms with van der Waals surface area (Å²) in [4.78, 5) is 16.9. The van der Waals surface area contributed by atoms with Gasteiger partial charge in [0.15, 0.2) is 11.5 Å². The topological polar surface area (TPSA) is 82.1 Å². The summed E-state index contributed by atoms with van der Waals surface area (Å²) in [6.45, 7) is 5.95. The number of rotatable bonds is 4. The van der Waals surface area contributed by atoms with Gasteiger partial charge in [0.2, 0.25) is 0 Å². The predicted molar refractivity (Wildman–Crippen MR) is 130 cm³/mol. The fourth-order valence-electron chi connectivity index (χ4n) is 4.52. The van der Waals surface area contributed by atoms with E-state index in [0.717, 1.165) is 71.2 Å². The van der Waals surface area contributed by atoms with Gasteiger partial charge in [-0.15, -0.1) is 0 Å². The normalized spacial score (nSPS) is 14.5. The zero-order chi connectivity index (χ0) is 22.9. The molecule has 0 unspecified atom stereocenters. The molecule has 0 atom stereocenters. The van der Waals surface area contributed by atoms with Gasteiger partial charge in [-0.05, 0) is 57.5 Å². The van der Waals surface area contributed by atoms with Crippen molar-refractivity contribution in [3.05, 3.63) is 65.7 Å². The molecular formula is C26H27N7. The van der Waals surface area contributed by atoms with E-state index in [-0.39, 0.29) is 0 Å². The summed E-state index contributed by atoms with van der Waals surface area (Å²) >= 11 is 0. The number of aryl methyl sites for hydroxylation is 2. The van der Waals surface area contributed by atoms with Crippen LogP contribution in [0.4, 0.5) is 5.82 Å². The van der Waals surface area contributed by atoms with E-state index in [9.17, 15) is 5.26 Å². The first kappa shape index (κ1) is 21.1. The van der Waals surface area contributed by atoms with E-state index in [1.54, 1.807) is 0 Å². The number of benzene rings is 1. The SMILES string of the molecule is CNC1CCN(c2nc(-c3ccc(C#N)cc3)c(-c3cnc(C)c(C)c3)n3ccnc23)CC1. The monoisotopic (exact) mass is 437 g/mol. The number of piperidine rings is 1. The molecule has 4 heterocycles. The van der Waals surface area contributed by atoms with Gasteiger partial charge in [-0.3, -0.25) is 9.38 Å². The Balaban J connectivity index is 1.73. The van der Waals surface area contributed by atoms with E-state index in [1.807, 2.05) is 56.8 Å². The molecule has 1 aliphatic heterocycles. The summed E-state index contributed by atoms with van der Waals surface area (Å²) in [6.07, 6.45) is 7.88. The third kappa shape index (κ3) is 3.83. The number of nitriles is 1. The lowest BCUT2D eigenvalue weighted by Crippen LogP contribution is -2.41. The Hall–Kier alpha value is -3.76. The number of nitrogens with one attached hydrogen (secondary N) is 1. The van der Waals surface area contributed by atoms with Gasteiger partial charge in [-0.25, -0.2) is 9.97 Å². The molecule has 3 aromatic heterocycles. The molecule has 0 radical (unpaired) electrons. The highest BCUT2D eigenvalue weighted by Crippen LogP contribution is 2.36. The molecule has 1 N–H and O–H groups in total. The molecule has 0 amide bonds. The molecule has 0 aliphatic carbocycles. The van der Waals surface area contributed by atoms with Gasteiger partial charge in [0, 0.05) is 54.5 Å². The molecule has 0 bridgehead atoms. The van der Waals surface area contributed by atoms with Crippen LogP contribution in [-0.2, 0) is 0 Å². The Bertz CT molecular complexity index is 1340. The molecule has 7 heteroatoms. The van der Waals surface area contributed by atoms with E-state index in [4.69, 9.17) is 9.97 Å². The molecule has 0 spiro atoms. The van der Waals surface area contributed by atoms with Crippen LogP contribution in [0.1, 0.15) is 29.7 Å². The number of pyridine rings is 1. The quantitative estimate of drug-likeness (QED) is 0.517. The first-order valence-electron chi connectivity index (χ1n) is 11.3. The third-order valence-electron chi connectivity index (χ3n) is 6.63. The average molecular weight is 438 g/mol. The van der Waals surface area contributed by atoms with E-state index >= 15 is 0 Å². The summed E-state index contributed by atoms with van der Waals surface area (Å²) in [6, 6.07) is 12.5. The van der Waals surface area contributed by atoms with Crippen molar-refractivity contribution in [3.8, 4) is 28.6 Å². The number of imidazole rings is 1. The van der Waals surface area contributed by atoms with Crippen molar-refractivity contribution in [2.75, 3.05) is 25.0 Å². The third-order valence-corrected chi connectivity index (χ3v) is 6.63. The Morgan fingerprint density at radius 2 is 1.82 bits per heavy atom. The molecule has 0 saturated carbocycles. The van der Waals surface area contributed by atoms with Crippen LogP contribution in [-0.4, -0.2) is 45.5 Å². The van der Waals surface area contributed by atoms with Gasteiger partial charge in [-0.1, -0.05) is 12.1 Å². The maximum Gasteiger partial charge on any atom is 0.180 e. The van der Waals surface area contributed by atoms with Gasteiger partial charge in [-0.2, -0.15) is 5.26 Å². The van der Waals surface area contributed by atoms with Crippen molar-refractivity contribution in [2.24, 2.45) is 0 Å². The van der Waals surface area contributed by atoms with Gasteiger partial charge in [0.25, 0.3) is 0 Å². The Kier molecular flexibility index (Phi) is 5.53. The van der Waals surface area contributed by atoms with Gasteiger partial charge in [0.05, 0.1) is 23.0 Å². The van der Waals surface area contributed by atoms with Crippen molar-refractivity contribution >= 4 is 11.5 Å². The van der Waals surface area contributed by atoms with Gasteiger partial charge in [0.1, 0.15) is 0 Å². The van der Waals surface area contributed by atoms with Crippen molar-refractivity contribution in [2.45, 2.75) is 32.7 Å². The first-order chi connectivity index (χ1) is 16.1. The molecule has 5 rings (SSSR count). The molecule has 33 heavy (non-hydrogen) atoms. The Morgan fingerprint density at radius 3 is 2.48 bits per heavy atom. The van der Waals surface area contributed by atoms with Crippen LogP contribution in [0.2, 0.25) is 0 Å². The molecular weight excluding hydrogens is 410 g/mol. The van der Waals surface area contributed by atoms with Gasteiger partial charge >= 0.3 is 0 Å². The fraction of sp³-hybridized carbons (Fsp3) is 0.308. The summed E-state index contributed by atoms with van der Waals surface area (Å²) in [7, 11) is 2.03. The highest BCUT2D eigenvalue weighted by molar-refractivity contribution is 5.84. The molecule has 1 fully saturated rings. The van der Waals surface area contributed by atoms with Crippen molar-refractivity contribution in [1.29, 1.82) is 5.26 Å². The van der Waals surface area contributed by atoms with Gasteiger partial charge < -0.3 is 10.2 Å². The average Bonchev–Trinajstić information content (AvgIpc) is 3.35. The highest BCUT2D eigenvalue weighted by Gasteiger charge is 2.25. The summed E-state index contributed by atoms with van der Waals surface area (Å²) in [5, 5.41) is 12.7. The van der Waals surface area contributed by atoms with Crippen LogP contribution in [0.15, 0.2) is 48.9 Å². The van der Waals surface area contributed by atoms with Crippen LogP contribution in [0.5, 0.6) is 0 Å². The largest absolute Gasteiger partial charge is 0.353 e. The molecule has 1 aliphatic rings. The molecule has 7 nitrogen and oxygen atoms in total. The van der Waals surface area contributed by atoms with Crippen LogP contribution in [0.25, 0.3) is 28.2 Å². The van der Waals surface area contributed by atoms with E-state index in [2.05, 4.69) is 38.7 Å². The predicted octanol–water partition coefficient (Wildman–Crippen LogP) is 4.14. The number of hydrogen-bond donors (Lipinski definition) is 1. The van der Waals surface area contributed by atoms with Crippen molar-refractivity contribution < 1.29 is 0 Å². The zero-order valence-electron chi connectivity index (χ0n) is 19.2. The fourth-order valence-corrected chi connectivity index (χ4v) is 4.52. The molecule has 1 saturated heterocycles. The zero-order valence-corrected chi connectivity index (χ0v) is 19.2. The van der Waals surface area contributed by atoms with Crippen molar-refractivity contribution in [1.82, 2.24) is 24.7 Å². The highest BCUT2D eigenvalue weighted by atomic mass is 15.2. The maximum atomic E-state index is 9.26. The molecule has 1 aromatic carbocycles. The Labute approximate surface area is 193 Å². The minimum atomic E-state index is 0.538. The van der Waals surface area contributed by atoms with Crippen LogP contribution >= 0.6 is 0 Å². The first-order valence-corrected chi connectivity index (χ1v) is 11.3. The second-order valence-corrected chi connectivity index (χ2v) is 8.62. The number of hydrogen-bond acceptors (Lipinski definition) is 6. The van der Waals surface area contributed by atoms with Crippen LogP contribution in [0, 0.1) is 25.2 Å². The van der Waals surface area contributed by atoms with E-state index < -0.39 is 0 Å². The smallest absolute Gasteiger partial charge is 0.180 e. The Morgan fingerprint density at radius 1 is 1.06 bits per heavy atom. The lowest BCUT2D eigenvalue weighted by molar-refractivity contribution is 0.441. The standard InChI is InChI=1S/C26H27N7/c1-17-14-21(16-30-18(17)2)24-23(20-6-4-19(15-27)5-7-20)31-26(25-29-10-13-33(24)25)32-11-8-22(28-3)9-12-32/h4-7,10,13-14,16,22,28H,8-9,11-12H2,1-3H3. The van der Waals surface area contributed by atoms with E-state index in [0.29, 0.717) is 11.6 Å². The maximum absolute atomic E-state index is 9.26. The molecule has 4 aromatic rings. The molecule has 166 valence electrons. The minimum Gasteiger partial charge on any atom is -0.353 e. The lowest BCUT2D eigenvalue weighted by Gasteiger charge is -2.33. The number of aromatic nitrogens is 4.